The maximum Gasteiger partial charge on any atom is 0.326 e. The Balaban J connectivity index is 2.09. The predicted octanol–water partition coefficient (Wildman–Crippen LogP) is -0.631. The van der Waals surface area contributed by atoms with Gasteiger partial charge in [0.25, 0.3) is 0 Å². The van der Waals surface area contributed by atoms with Crippen molar-refractivity contribution in [1.82, 2.24) is 4.31 Å². The van der Waals surface area contributed by atoms with Crippen molar-refractivity contribution in [2.24, 2.45) is 0 Å². The molecule has 0 aromatic rings. The van der Waals surface area contributed by atoms with Crippen LogP contribution in [0.4, 0.5) is 0 Å². The molecule has 2 unspecified atom stereocenters. The fourth-order valence-electron chi connectivity index (χ4n) is 2.35. The fraction of sp³-hybridized carbons (Fsp3) is 0.909. The highest BCUT2D eigenvalue weighted by atomic mass is 32.2. The van der Waals surface area contributed by atoms with E-state index in [2.05, 4.69) is 4.74 Å². The Hall–Kier alpha value is -0.700. The van der Waals surface area contributed by atoms with Crippen molar-refractivity contribution >= 4 is 16.0 Å². The predicted molar refractivity (Wildman–Crippen MR) is 66.1 cm³/mol. The lowest BCUT2D eigenvalue weighted by Gasteiger charge is -2.33. The number of hydrogen-bond acceptors (Lipinski definition) is 6. The molecular weight excluding hydrogens is 274 g/mol. The highest BCUT2D eigenvalue weighted by molar-refractivity contribution is 7.89. The molecule has 2 aliphatic heterocycles. The summed E-state index contributed by atoms with van der Waals surface area (Å²) in [6.07, 6.45) is 1.35. The number of esters is 1. The number of morpholine rings is 1. The van der Waals surface area contributed by atoms with Crippen LogP contribution in [-0.4, -0.2) is 70.1 Å². The fourth-order valence-corrected chi connectivity index (χ4v) is 4.16. The smallest absolute Gasteiger partial charge is 0.326 e. The summed E-state index contributed by atoms with van der Waals surface area (Å²) < 4.78 is 41.0. The average Bonchev–Trinajstić information content (AvgIpc) is 2.90. The summed E-state index contributed by atoms with van der Waals surface area (Å²) >= 11 is 0. The van der Waals surface area contributed by atoms with Gasteiger partial charge in [-0.3, -0.25) is 4.79 Å². The van der Waals surface area contributed by atoms with Crippen LogP contribution in [0.25, 0.3) is 0 Å². The number of carbonyl (C=O) groups excluding carboxylic acids is 1. The minimum absolute atomic E-state index is 0.0391. The van der Waals surface area contributed by atoms with Gasteiger partial charge in [0, 0.05) is 13.2 Å². The maximum absolute atomic E-state index is 12.4. The van der Waals surface area contributed by atoms with E-state index in [-0.39, 0.29) is 31.6 Å². The highest BCUT2D eigenvalue weighted by Gasteiger charge is 2.39. The first-order chi connectivity index (χ1) is 9.04. The van der Waals surface area contributed by atoms with Crippen molar-refractivity contribution < 1.29 is 27.4 Å². The quantitative estimate of drug-likeness (QED) is 0.642. The number of carbonyl (C=O) groups is 1. The van der Waals surface area contributed by atoms with E-state index in [1.54, 1.807) is 0 Å². The van der Waals surface area contributed by atoms with E-state index in [9.17, 15) is 13.2 Å². The van der Waals surface area contributed by atoms with Crippen molar-refractivity contribution in [1.29, 1.82) is 0 Å². The first kappa shape index (κ1) is 14.7. The van der Waals surface area contributed by atoms with Gasteiger partial charge in [-0.2, -0.15) is 4.31 Å². The van der Waals surface area contributed by atoms with E-state index in [0.29, 0.717) is 6.61 Å². The second-order valence-electron chi connectivity index (χ2n) is 4.64. The molecule has 2 fully saturated rings. The zero-order valence-corrected chi connectivity index (χ0v) is 11.7. The molecule has 2 atom stereocenters. The molecule has 7 nitrogen and oxygen atoms in total. The van der Waals surface area contributed by atoms with Crippen LogP contribution in [0.1, 0.15) is 12.8 Å². The van der Waals surface area contributed by atoms with Gasteiger partial charge in [-0.25, -0.2) is 8.42 Å². The van der Waals surface area contributed by atoms with Crippen molar-refractivity contribution in [3.63, 3.8) is 0 Å². The Morgan fingerprint density at radius 1 is 1.42 bits per heavy atom. The van der Waals surface area contributed by atoms with Crippen LogP contribution >= 0.6 is 0 Å². The van der Waals surface area contributed by atoms with E-state index in [0.717, 1.165) is 12.8 Å². The van der Waals surface area contributed by atoms with Crippen molar-refractivity contribution in [2.45, 2.75) is 25.0 Å². The first-order valence-electron chi connectivity index (χ1n) is 6.31. The van der Waals surface area contributed by atoms with Gasteiger partial charge in [0.1, 0.15) is 6.04 Å². The summed E-state index contributed by atoms with van der Waals surface area (Å²) in [6, 6.07) is -0.884. The summed E-state index contributed by atoms with van der Waals surface area (Å²) in [5.74, 6) is -0.670. The van der Waals surface area contributed by atoms with E-state index >= 15 is 0 Å². The zero-order chi connectivity index (χ0) is 13.9. The van der Waals surface area contributed by atoms with Crippen LogP contribution < -0.4 is 0 Å². The minimum atomic E-state index is -3.54. The number of sulfonamides is 1. The molecule has 0 aliphatic carbocycles. The second kappa shape index (κ2) is 6.17. The maximum atomic E-state index is 12.4. The van der Waals surface area contributed by atoms with E-state index < -0.39 is 22.0 Å². The normalized spacial score (nSPS) is 29.3. The van der Waals surface area contributed by atoms with Crippen LogP contribution in [-0.2, 0) is 29.0 Å². The number of rotatable bonds is 4. The molecular formula is C11H19NO6S. The Morgan fingerprint density at radius 2 is 2.21 bits per heavy atom. The van der Waals surface area contributed by atoms with Gasteiger partial charge in [-0.05, 0) is 12.8 Å². The molecule has 0 aromatic heterocycles. The van der Waals surface area contributed by atoms with Gasteiger partial charge in [0.05, 0.1) is 32.2 Å². The van der Waals surface area contributed by atoms with Gasteiger partial charge < -0.3 is 14.2 Å². The van der Waals surface area contributed by atoms with Crippen LogP contribution in [0.2, 0.25) is 0 Å². The molecule has 0 amide bonds. The number of nitrogens with zero attached hydrogens (tertiary/aromatic N) is 1. The molecule has 0 bridgehead atoms. The van der Waals surface area contributed by atoms with Crippen LogP contribution in [0.5, 0.6) is 0 Å². The van der Waals surface area contributed by atoms with Crippen LogP contribution in [0.3, 0.4) is 0 Å². The van der Waals surface area contributed by atoms with Gasteiger partial charge >= 0.3 is 5.97 Å². The van der Waals surface area contributed by atoms with Gasteiger partial charge in [-0.15, -0.1) is 0 Å². The third-order valence-electron chi connectivity index (χ3n) is 3.33. The molecule has 2 heterocycles. The molecule has 0 saturated carbocycles. The SMILES string of the molecule is COC(=O)C1COCCN1S(=O)(=O)CC1CCCO1. The Morgan fingerprint density at radius 3 is 2.84 bits per heavy atom. The summed E-state index contributed by atoms with van der Waals surface area (Å²) in [6.45, 7) is 1.11. The lowest BCUT2D eigenvalue weighted by atomic mass is 10.3. The number of ether oxygens (including phenoxy) is 3. The van der Waals surface area contributed by atoms with Gasteiger partial charge in [0.2, 0.25) is 10.0 Å². The largest absolute Gasteiger partial charge is 0.468 e. The summed E-state index contributed by atoms with van der Waals surface area (Å²) in [4.78, 5) is 11.6. The van der Waals surface area contributed by atoms with Crippen molar-refractivity contribution in [2.75, 3.05) is 39.2 Å². The lowest BCUT2D eigenvalue weighted by Crippen LogP contribution is -2.54. The Labute approximate surface area is 112 Å². The molecule has 2 saturated heterocycles. The van der Waals surface area contributed by atoms with Gasteiger partial charge in [0.15, 0.2) is 0 Å². The molecule has 2 aliphatic rings. The second-order valence-corrected chi connectivity index (χ2v) is 6.60. The third-order valence-corrected chi connectivity index (χ3v) is 5.28. The molecule has 0 radical (unpaired) electrons. The van der Waals surface area contributed by atoms with Crippen molar-refractivity contribution in [3.05, 3.63) is 0 Å². The molecule has 8 heteroatoms. The Kier molecular flexibility index (Phi) is 4.77. The highest BCUT2D eigenvalue weighted by Crippen LogP contribution is 2.19. The topological polar surface area (TPSA) is 82.1 Å². The minimum Gasteiger partial charge on any atom is -0.468 e. The van der Waals surface area contributed by atoms with E-state index in [1.807, 2.05) is 0 Å². The Bertz CT molecular complexity index is 417. The lowest BCUT2D eigenvalue weighted by molar-refractivity contribution is -0.149. The standard InChI is InChI=1S/C11H19NO6S/c1-16-11(13)10-7-17-6-4-12(10)19(14,15)8-9-3-2-5-18-9/h9-10H,2-8H2,1H3. The van der Waals surface area contributed by atoms with Gasteiger partial charge in [-0.1, -0.05) is 0 Å². The van der Waals surface area contributed by atoms with E-state index in [1.165, 1.54) is 11.4 Å². The van der Waals surface area contributed by atoms with Crippen molar-refractivity contribution in [3.8, 4) is 0 Å². The average molecular weight is 293 g/mol. The molecule has 2 rings (SSSR count). The zero-order valence-electron chi connectivity index (χ0n) is 10.9. The molecule has 0 spiro atoms. The summed E-state index contributed by atoms with van der Waals surface area (Å²) in [5, 5.41) is 0. The number of methoxy groups -OCH3 is 1. The first-order valence-corrected chi connectivity index (χ1v) is 7.92. The molecule has 19 heavy (non-hydrogen) atoms. The number of hydrogen-bond donors (Lipinski definition) is 0. The molecule has 0 N–H and O–H groups in total. The van der Waals surface area contributed by atoms with Crippen LogP contribution in [0, 0.1) is 0 Å². The summed E-state index contributed by atoms with van der Waals surface area (Å²) in [5.41, 5.74) is 0. The van der Waals surface area contributed by atoms with Crippen LogP contribution in [0.15, 0.2) is 0 Å². The van der Waals surface area contributed by atoms with E-state index in [4.69, 9.17) is 9.47 Å². The third kappa shape index (κ3) is 3.44. The molecule has 0 aromatic carbocycles. The monoisotopic (exact) mass is 293 g/mol. The summed E-state index contributed by atoms with van der Waals surface area (Å²) in [7, 11) is -2.31. The molecule has 110 valence electrons.